The normalized spacial score (nSPS) is 15.3. The van der Waals surface area contributed by atoms with E-state index in [-0.39, 0.29) is 0 Å². The van der Waals surface area contributed by atoms with Gasteiger partial charge in [-0.3, -0.25) is 9.35 Å². The second kappa shape index (κ2) is 5.95. The zero-order valence-corrected chi connectivity index (χ0v) is 7.93. The summed E-state index contributed by atoms with van der Waals surface area (Å²) in [5.74, 6) is 1.38. The van der Waals surface area contributed by atoms with E-state index in [0.29, 0.717) is 5.75 Å². The lowest BCUT2D eigenvalue weighted by atomic mass is 10.4. The molecule has 60 valence electrons. The van der Waals surface area contributed by atoms with Crippen molar-refractivity contribution in [3.8, 4) is 0 Å². The molecule has 0 bridgehead atoms. The number of hydrogen-bond donors (Lipinski definition) is 1. The van der Waals surface area contributed by atoms with Crippen LogP contribution in [-0.4, -0.2) is 15.7 Å². The predicted molar refractivity (Wildman–Crippen MR) is 49.1 cm³/mol. The molecule has 0 aromatic heterocycles. The van der Waals surface area contributed by atoms with Crippen molar-refractivity contribution in [1.82, 2.24) is 0 Å². The van der Waals surface area contributed by atoms with Crippen molar-refractivity contribution in [2.45, 2.75) is 13.8 Å². The van der Waals surface area contributed by atoms with Crippen LogP contribution in [0.15, 0.2) is 11.0 Å². The molecule has 2 nitrogen and oxygen atoms in total. The van der Waals surface area contributed by atoms with Crippen LogP contribution in [0, 0.1) is 0 Å². The highest BCUT2D eigenvalue weighted by atomic mass is 32.2. The molecule has 0 rings (SSSR count). The SMILES string of the molecule is CCS(=O)C/C(C)=C/SN. The fourth-order valence-electron chi connectivity index (χ4n) is 0.506. The number of nitrogens with two attached hydrogens (primary N) is 1. The third-order valence-corrected chi connectivity index (χ3v) is 2.94. The van der Waals surface area contributed by atoms with Gasteiger partial charge in [0.25, 0.3) is 0 Å². The van der Waals surface area contributed by atoms with Crippen LogP contribution < -0.4 is 5.14 Å². The third-order valence-electron chi connectivity index (χ3n) is 0.980. The fraction of sp³-hybridized carbons (Fsp3) is 0.667. The first-order valence-electron chi connectivity index (χ1n) is 3.06. The van der Waals surface area contributed by atoms with Crippen molar-refractivity contribution in [2.75, 3.05) is 11.5 Å². The first kappa shape index (κ1) is 10.2. The summed E-state index contributed by atoms with van der Waals surface area (Å²) >= 11 is 1.17. The maximum Gasteiger partial charge on any atom is 0.0450 e. The molecule has 1 atom stereocenters. The van der Waals surface area contributed by atoms with E-state index >= 15 is 0 Å². The van der Waals surface area contributed by atoms with Crippen LogP contribution in [-0.2, 0) is 10.8 Å². The van der Waals surface area contributed by atoms with E-state index in [0.717, 1.165) is 11.3 Å². The maximum atomic E-state index is 10.9. The molecule has 10 heavy (non-hydrogen) atoms. The van der Waals surface area contributed by atoms with E-state index in [1.54, 1.807) is 0 Å². The average molecular weight is 179 g/mol. The fourth-order valence-corrected chi connectivity index (χ4v) is 1.72. The Hall–Kier alpha value is 0.200. The Morgan fingerprint density at radius 2 is 2.40 bits per heavy atom. The van der Waals surface area contributed by atoms with Crippen molar-refractivity contribution in [3.63, 3.8) is 0 Å². The topological polar surface area (TPSA) is 43.1 Å². The summed E-state index contributed by atoms with van der Waals surface area (Å²) in [6.45, 7) is 3.85. The molecule has 0 aliphatic rings. The molecule has 0 saturated heterocycles. The highest BCUT2D eigenvalue weighted by Crippen LogP contribution is 2.01. The average Bonchev–Trinajstić information content (AvgIpc) is 1.88. The van der Waals surface area contributed by atoms with E-state index < -0.39 is 10.8 Å². The van der Waals surface area contributed by atoms with Gasteiger partial charge in [-0.15, -0.1) is 0 Å². The second-order valence-corrected chi connectivity index (χ2v) is 4.23. The van der Waals surface area contributed by atoms with Gasteiger partial charge in [0.1, 0.15) is 0 Å². The second-order valence-electron chi connectivity index (χ2n) is 1.97. The van der Waals surface area contributed by atoms with Crippen molar-refractivity contribution in [2.24, 2.45) is 5.14 Å². The van der Waals surface area contributed by atoms with Gasteiger partial charge >= 0.3 is 0 Å². The molecule has 0 spiro atoms. The quantitative estimate of drug-likeness (QED) is 0.661. The van der Waals surface area contributed by atoms with E-state index in [1.165, 1.54) is 11.9 Å². The van der Waals surface area contributed by atoms with E-state index in [9.17, 15) is 4.21 Å². The minimum Gasteiger partial charge on any atom is -0.274 e. The minimum absolute atomic E-state index is 0.653. The number of rotatable bonds is 4. The molecular weight excluding hydrogens is 166 g/mol. The lowest BCUT2D eigenvalue weighted by Crippen LogP contribution is -2.00. The molecule has 0 heterocycles. The van der Waals surface area contributed by atoms with Gasteiger partial charge in [0.2, 0.25) is 0 Å². The van der Waals surface area contributed by atoms with Crippen molar-refractivity contribution < 1.29 is 4.21 Å². The zero-order chi connectivity index (χ0) is 7.98. The molecule has 0 aliphatic heterocycles. The summed E-state index contributed by atoms with van der Waals surface area (Å²) in [6, 6.07) is 0. The summed E-state index contributed by atoms with van der Waals surface area (Å²) in [5.41, 5.74) is 1.09. The van der Waals surface area contributed by atoms with E-state index in [2.05, 4.69) is 0 Å². The molecule has 0 radical (unpaired) electrons. The van der Waals surface area contributed by atoms with Gasteiger partial charge in [-0.05, 0) is 12.3 Å². The molecule has 0 amide bonds. The van der Waals surface area contributed by atoms with Crippen LogP contribution in [0.2, 0.25) is 0 Å². The number of hydrogen-bond acceptors (Lipinski definition) is 3. The van der Waals surface area contributed by atoms with E-state index in [4.69, 9.17) is 5.14 Å². The largest absolute Gasteiger partial charge is 0.274 e. The Morgan fingerprint density at radius 3 is 2.80 bits per heavy atom. The van der Waals surface area contributed by atoms with Crippen LogP contribution in [0.3, 0.4) is 0 Å². The zero-order valence-electron chi connectivity index (χ0n) is 6.29. The summed E-state index contributed by atoms with van der Waals surface area (Å²) in [7, 11) is -0.696. The molecule has 0 saturated carbocycles. The molecule has 4 heteroatoms. The summed E-state index contributed by atoms with van der Waals surface area (Å²) in [4.78, 5) is 0. The van der Waals surface area contributed by atoms with Crippen LogP contribution >= 0.6 is 11.9 Å². The molecule has 0 aromatic carbocycles. The molecule has 1 unspecified atom stereocenters. The first-order chi connectivity index (χ1) is 4.70. The van der Waals surface area contributed by atoms with E-state index in [1.807, 2.05) is 19.3 Å². The Bertz CT molecular complexity index is 145. The Morgan fingerprint density at radius 1 is 1.80 bits per heavy atom. The van der Waals surface area contributed by atoms with Crippen molar-refractivity contribution in [3.05, 3.63) is 11.0 Å². The van der Waals surface area contributed by atoms with Gasteiger partial charge in [0, 0.05) is 22.3 Å². The van der Waals surface area contributed by atoms with Crippen molar-refractivity contribution in [1.29, 1.82) is 0 Å². The molecule has 0 aliphatic carbocycles. The lowest BCUT2D eigenvalue weighted by molar-refractivity contribution is 0.685. The van der Waals surface area contributed by atoms with Crippen molar-refractivity contribution >= 4 is 22.7 Å². The third kappa shape index (κ3) is 5.02. The molecule has 0 fully saturated rings. The smallest absolute Gasteiger partial charge is 0.0450 e. The molecular formula is C6H13NOS2. The van der Waals surface area contributed by atoms with Gasteiger partial charge in [0.05, 0.1) is 0 Å². The summed E-state index contributed by atoms with van der Waals surface area (Å²) in [6.07, 6.45) is 0. The summed E-state index contributed by atoms with van der Waals surface area (Å²) in [5, 5.41) is 7.01. The summed E-state index contributed by atoms with van der Waals surface area (Å²) < 4.78 is 10.9. The molecule has 0 aromatic rings. The van der Waals surface area contributed by atoms with Crippen LogP contribution in [0.4, 0.5) is 0 Å². The Balaban J connectivity index is 3.67. The van der Waals surface area contributed by atoms with Gasteiger partial charge < -0.3 is 0 Å². The monoisotopic (exact) mass is 179 g/mol. The predicted octanol–water partition coefficient (Wildman–Crippen LogP) is 1.27. The first-order valence-corrected chi connectivity index (χ1v) is 5.50. The van der Waals surface area contributed by atoms with Crippen LogP contribution in [0.25, 0.3) is 0 Å². The van der Waals surface area contributed by atoms with Gasteiger partial charge in [-0.2, -0.15) is 0 Å². The minimum atomic E-state index is -0.696. The van der Waals surface area contributed by atoms with Gasteiger partial charge in [0.15, 0.2) is 0 Å². The lowest BCUT2D eigenvalue weighted by Gasteiger charge is -1.97. The van der Waals surface area contributed by atoms with Crippen LogP contribution in [0.5, 0.6) is 0 Å². The highest BCUT2D eigenvalue weighted by Gasteiger charge is 1.95. The Kier molecular flexibility index (Phi) is 6.06. The van der Waals surface area contributed by atoms with Crippen LogP contribution in [0.1, 0.15) is 13.8 Å². The molecule has 2 N–H and O–H groups in total. The van der Waals surface area contributed by atoms with Gasteiger partial charge in [-0.1, -0.05) is 24.4 Å². The Labute approximate surface area is 68.8 Å². The van der Waals surface area contributed by atoms with Gasteiger partial charge in [-0.25, -0.2) is 0 Å². The maximum absolute atomic E-state index is 10.9. The highest BCUT2D eigenvalue weighted by molar-refractivity contribution is 8.00. The standard InChI is InChI=1S/C6H13NOS2/c1-3-10(8)5-6(2)4-9-7/h4H,3,5,7H2,1-2H3/b6-4+.